The molecule has 1 aliphatic rings. The van der Waals surface area contributed by atoms with Crippen molar-refractivity contribution in [3.8, 4) is 0 Å². The topological polar surface area (TPSA) is 62.3 Å². The molecule has 0 bridgehead atoms. The molecule has 120 valence electrons. The van der Waals surface area contributed by atoms with E-state index in [9.17, 15) is 9.59 Å². The summed E-state index contributed by atoms with van der Waals surface area (Å²) in [6.45, 7) is 4.86. The Balaban J connectivity index is 1.66. The van der Waals surface area contributed by atoms with Gasteiger partial charge in [-0.25, -0.2) is 0 Å². The van der Waals surface area contributed by atoms with Gasteiger partial charge in [-0.15, -0.1) is 0 Å². The van der Waals surface area contributed by atoms with Crippen LogP contribution >= 0.6 is 0 Å². The zero-order valence-electron chi connectivity index (χ0n) is 13.5. The van der Waals surface area contributed by atoms with E-state index >= 15 is 0 Å². The lowest BCUT2D eigenvalue weighted by molar-refractivity contribution is -0.132. The molecule has 1 aromatic carbocycles. The van der Waals surface area contributed by atoms with Gasteiger partial charge in [0.25, 0.3) is 0 Å². The maximum absolute atomic E-state index is 12.4. The van der Waals surface area contributed by atoms with Crippen LogP contribution in [0.5, 0.6) is 0 Å². The Labute approximate surface area is 135 Å². The first kappa shape index (κ1) is 15.5. The molecule has 0 radical (unpaired) electrons. The lowest BCUT2D eigenvalue weighted by Gasteiger charge is -2.30. The van der Waals surface area contributed by atoms with Gasteiger partial charge in [-0.05, 0) is 44.0 Å². The molecule has 2 amide bonds. The fourth-order valence-electron chi connectivity index (χ4n) is 3.01. The van der Waals surface area contributed by atoms with Gasteiger partial charge < -0.3 is 10.2 Å². The van der Waals surface area contributed by atoms with Crippen LogP contribution in [0.25, 0.3) is 10.9 Å². The predicted octanol–water partition coefficient (Wildman–Crippen LogP) is 2.74. The Kier molecular flexibility index (Phi) is 4.28. The number of hydrogen-bond acceptors (Lipinski definition) is 3. The molecule has 1 fully saturated rings. The van der Waals surface area contributed by atoms with Crippen LogP contribution in [0.15, 0.2) is 30.3 Å². The van der Waals surface area contributed by atoms with Crippen molar-refractivity contribution < 1.29 is 9.59 Å². The van der Waals surface area contributed by atoms with Crippen molar-refractivity contribution in [1.82, 2.24) is 9.88 Å². The van der Waals surface area contributed by atoms with Crippen molar-refractivity contribution >= 4 is 28.4 Å². The molecule has 1 N–H and O–H groups in total. The Bertz CT molecular complexity index is 749. The average molecular weight is 311 g/mol. The highest BCUT2D eigenvalue weighted by molar-refractivity contribution is 5.95. The van der Waals surface area contributed by atoms with Crippen molar-refractivity contribution in [3.63, 3.8) is 0 Å². The molecule has 0 aliphatic carbocycles. The normalized spacial score (nSPS) is 15.7. The number of carbonyl (C=O) groups is 2. The second-order valence-electron chi connectivity index (χ2n) is 6.13. The average Bonchev–Trinajstić information content (AvgIpc) is 2.55. The molecule has 0 spiro atoms. The number of carbonyl (C=O) groups excluding carboxylic acids is 2. The summed E-state index contributed by atoms with van der Waals surface area (Å²) in [4.78, 5) is 30.0. The van der Waals surface area contributed by atoms with E-state index in [4.69, 9.17) is 0 Å². The van der Waals surface area contributed by atoms with Crippen molar-refractivity contribution in [3.05, 3.63) is 36.0 Å². The van der Waals surface area contributed by atoms with Crippen LogP contribution in [0.3, 0.4) is 0 Å². The Morgan fingerprint density at radius 3 is 2.61 bits per heavy atom. The van der Waals surface area contributed by atoms with Crippen LogP contribution in [0.1, 0.15) is 25.5 Å². The predicted molar refractivity (Wildman–Crippen MR) is 90.1 cm³/mol. The van der Waals surface area contributed by atoms with E-state index in [0.717, 1.165) is 35.1 Å². The zero-order chi connectivity index (χ0) is 16.4. The molecule has 5 nitrogen and oxygen atoms in total. The van der Waals surface area contributed by atoms with E-state index in [0.29, 0.717) is 13.1 Å². The van der Waals surface area contributed by atoms with Crippen LogP contribution in [-0.4, -0.2) is 34.8 Å². The largest absolute Gasteiger partial charge is 0.343 e. The summed E-state index contributed by atoms with van der Waals surface area (Å²) in [7, 11) is 0. The number of nitrogens with one attached hydrogen (secondary N) is 1. The third-order valence-electron chi connectivity index (χ3n) is 4.41. The minimum absolute atomic E-state index is 0.0301. The summed E-state index contributed by atoms with van der Waals surface area (Å²) in [6, 6.07) is 9.74. The molecule has 0 saturated carbocycles. The number of rotatable bonds is 2. The number of nitrogens with zero attached hydrogens (tertiary/aromatic N) is 2. The highest BCUT2D eigenvalue weighted by atomic mass is 16.2. The van der Waals surface area contributed by atoms with Gasteiger partial charge in [0.1, 0.15) is 0 Å². The number of anilines is 1. The molecule has 1 aromatic heterocycles. The first-order valence-electron chi connectivity index (χ1n) is 7.97. The minimum Gasteiger partial charge on any atom is -0.343 e. The van der Waals surface area contributed by atoms with Gasteiger partial charge in [0.05, 0.1) is 5.52 Å². The second-order valence-corrected chi connectivity index (χ2v) is 6.13. The molecule has 5 heteroatoms. The number of aromatic nitrogens is 1. The van der Waals surface area contributed by atoms with Crippen molar-refractivity contribution in [1.29, 1.82) is 0 Å². The van der Waals surface area contributed by atoms with Crippen molar-refractivity contribution in [2.24, 2.45) is 5.92 Å². The van der Waals surface area contributed by atoms with Gasteiger partial charge >= 0.3 is 0 Å². The van der Waals surface area contributed by atoms with E-state index in [1.807, 2.05) is 37.3 Å². The van der Waals surface area contributed by atoms with Crippen LogP contribution in [-0.2, 0) is 9.59 Å². The summed E-state index contributed by atoms with van der Waals surface area (Å²) in [6.07, 6.45) is 1.44. The maximum Gasteiger partial charge on any atom is 0.227 e. The number of likely N-dealkylation sites (tertiary alicyclic amines) is 1. The summed E-state index contributed by atoms with van der Waals surface area (Å²) in [5, 5.41) is 4.01. The first-order valence-corrected chi connectivity index (χ1v) is 7.97. The molecular weight excluding hydrogens is 290 g/mol. The van der Waals surface area contributed by atoms with E-state index in [-0.39, 0.29) is 17.7 Å². The maximum atomic E-state index is 12.4. The molecule has 23 heavy (non-hydrogen) atoms. The number of pyridine rings is 1. The van der Waals surface area contributed by atoms with Crippen molar-refractivity contribution in [2.45, 2.75) is 26.7 Å². The van der Waals surface area contributed by atoms with E-state index < -0.39 is 0 Å². The standard InChI is InChI=1S/C18H21N3O2/c1-12-3-4-15-11-16(5-6-17(15)19-12)20-18(23)14-7-9-21(10-8-14)13(2)22/h3-6,11,14H,7-10H2,1-2H3,(H,20,23). The molecule has 0 unspecified atom stereocenters. The summed E-state index contributed by atoms with van der Waals surface area (Å²) in [5.74, 6) is 0.0891. The van der Waals surface area contributed by atoms with Gasteiger partial charge in [-0.3, -0.25) is 14.6 Å². The summed E-state index contributed by atoms with van der Waals surface area (Å²) >= 11 is 0. The van der Waals surface area contributed by atoms with E-state index in [1.54, 1.807) is 11.8 Å². The third kappa shape index (κ3) is 3.50. The molecule has 3 rings (SSSR count). The minimum atomic E-state index is -0.0301. The molecule has 0 atom stereocenters. The molecule has 2 aromatic rings. The Morgan fingerprint density at radius 2 is 1.91 bits per heavy atom. The van der Waals surface area contributed by atoms with Crippen LogP contribution in [0.4, 0.5) is 5.69 Å². The number of amides is 2. The second kappa shape index (κ2) is 6.36. The van der Waals surface area contributed by atoms with Gasteiger partial charge in [-0.2, -0.15) is 0 Å². The zero-order valence-corrected chi connectivity index (χ0v) is 13.5. The van der Waals surface area contributed by atoms with Gasteiger partial charge in [-0.1, -0.05) is 6.07 Å². The first-order chi connectivity index (χ1) is 11.0. The highest BCUT2D eigenvalue weighted by Gasteiger charge is 2.26. The smallest absolute Gasteiger partial charge is 0.227 e. The lowest BCUT2D eigenvalue weighted by Crippen LogP contribution is -2.40. The number of piperidine rings is 1. The van der Waals surface area contributed by atoms with Crippen LogP contribution in [0, 0.1) is 12.8 Å². The Hall–Kier alpha value is -2.43. The number of aryl methyl sites for hydroxylation is 1. The third-order valence-corrected chi connectivity index (χ3v) is 4.41. The van der Waals surface area contributed by atoms with Gasteiger partial charge in [0.15, 0.2) is 0 Å². The van der Waals surface area contributed by atoms with Gasteiger partial charge in [0.2, 0.25) is 11.8 Å². The quantitative estimate of drug-likeness (QED) is 0.927. The fourth-order valence-corrected chi connectivity index (χ4v) is 3.01. The highest BCUT2D eigenvalue weighted by Crippen LogP contribution is 2.22. The summed E-state index contributed by atoms with van der Waals surface area (Å²) < 4.78 is 0. The van der Waals surface area contributed by atoms with Crippen LogP contribution in [0.2, 0.25) is 0 Å². The lowest BCUT2D eigenvalue weighted by atomic mass is 9.95. The SMILES string of the molecule is CC(=O)N1CCC(C(=O)Nc2ccc3nc(C)ccc3c2)CC1. The van der Waals surface area contributed by atoms with E-state index in [1.165, 1.54) is 0 Å². The molecular formula is C18H21N3O2. The summed E-state index contributed by atoms with van der Waals surface area (Å²) in [5.41, 5.74) is 2.70. The Morgan fingerprint density at radius 1 is 1.17 bits per heavy atom. The number of hydrogen-bond donors (Lipinski definition) is 1. The fraction of sp³-hybridized carbons (Fsp3) is 0.389. The molecule has 2 heterocycles. The number of fused-ring (bicyclic) bond motifs is 1. The number of benzene rings is 1. The monoisotopic (exact) mass is 311 g/mol. The van der Waals surface area contributed by atoms with Crippen LogP contribution < -0.4 is 5.32 Å². The molecule has 1 saturated heterocycles. The molecule has 1 aliphatic heterocycles. The van der Waals surface area contributed by atoms with Gasteiger partial charge in [0, 0.05) is 42.7 Å². The van der Waals surface area contributed by atoms with Crippen molar-refractivity contribution in [2.75, 3.05) is 18.4 Å². The van der Waals surface area contributed by atoms with E-state index in [2.05, 4.69) is 10.3 Å².